The minimum atomic E-state index is -2.33. The van der Waals surface area contributed by atoms with Crippen molar-refractivity contribution in [3.8, 4) is 9.86 Å². The Bertz CT molecular complexity index is 263. The first kappa shape index (κ1) is 18.0. The van der Waals surface area contributed by atoms with Crippen LogP contribution in [0.25, 0.3) is 0 Å². The van der Waals surface area contributed by atoms with E-state index >= 15 is 0 Å². The zero-order valence-corrected chi connectivity index (χ0v) is 15.6. The summed E-state index contributed by atoms with van der Waals surface area (Å²) >= 11 is -2.33. The molecule has 0 aromatic rings. The summed E-state index contributed by atoms with van der Waals surface area (Å²) in [6, 6.07) is 0. The van der Waals surface area contributed by atoms with Crippen molar-refractivity contribution in [1.29, 1.82) is 0 Å². The zero-order chi connectivity index (χ0) is 13.9. The molecule has 0 aliphatic rings. The molecule has 0 aromatic heterocycles. The topological polar surface area (TPSA) is 17.1 Å². The van der Waals surface area contributed by atoms with Gasteiger partial charge in [0.15, 0.2) is 0 Å². The van der Waals surface area contributed by atoms with Crippen molar-refractivity contribution >= 4 is 24.2 Å². The number of carbonyl (C=O) groups excluding carboxylic acids is 1. The van der Waals surface area contributed by atoms with Crippen molar-refractivity contribution in [1.82, 2.24) is 0 Å². The van der Waals surface area contributed by atoms with Gasteiger partial charge in [-0.2, -0.15) is 0 Å². The molecule has 0 heterocycles. The summed E-state index contributed by atoms with van der Waals surface area (Å²) in [5, 5.41) is 0. The molecular weight excluding hydrogens is 327 g/mol. The molecular formula is C16H30OSn. The molecule has 0 fully saturated rings. The summed E-state index contributed by atoms with van der Waals surface area (Å²) in [4.78, 5) is 11.2. The van der Waals surface area contributed by atoms with E-state index in [1.54, 1.807) is 6.92 Å². The SMILES string of the molecule is CCC[CH2][Sn]([C]#CC(C)=O)([CH2]CCC)[CH2]CCC. The van der Waals surface area contributed by atoms with Crippen LogP contribution in [0.2, 0.25) is 13.3 Å². The van der Waals surface area contributed by atoms with Crippen LogP contribution >= 0.6 is 0 Å². The molecule has 0 N–H and O–H groups in total. The van der Waals surface area contributed by atoms with Crippen molar-refractivity contribution in [3.63, 3.8) is 0 Å². The van der Waals surface area contributed by atoms with Crippen LogP contribution in [0, 0.1) is 9.86 Å². The maximum absolute atomic E-state index is 11.2. The molecule has 104 valence electrons. The molecule has 0 aliphatic carbocycles. The van der Waals surface area contributed by atoms with E-state index in [0.29, 0.717) is 0 Å². The first-order chi connectivity index (χ1) is 8.60. The van der Waals surface area contributed by atoms with Crippen LogP contribution in [-0.4, -0.2) is 24.2 Å². The molecule has 18 heavy (non-hydrogen) atoms. The Morgan fingerprint density at radius 3 is 1.56 bits per heavy atom. The zero-order valence-electron chi connectivity index (χ0n) is 12.8. The molecule has 0 radical (unpaired) electrons. The minimum absolute atomic E-state index is 0.0561. The van der Waals surface area contributed by atoms with Crippen LogP contribution in [-0.2, 0) is 4.79 Å². The van der Waals surface area contributed by atoms with Gasteiger partial charge >= 0.3 is 118 Å². The molecule has 0 spiro atoms. The number of Topliss-reactive ketones (excluding diaryl/α,β-unsaturated/α-hetero) is 1. The fourth-order valence-corrected chi connectivity index (χ4v) is 15.6. The predicted molar refractivity (Wildman–Crippen MR) is 83.4 cm³/mol. The first-order valence-electron chi connectivity index (χ1n) is 7.64. The van der Waals surface area contributed by atoms with E-state index in [1.807, 2.05) is 0 Å². The number of ketones is 1. The fraction of sp³-hybridized carbons (Fsp3) is 0.812. The molecule has 0 atom stereocenters. The monoisotopic (exact) mass is 358 g/mol. The van der Waals surface area contributed by atoms with Crippen molar-refractivity contribution in [2.75, 3.05) is 0 Å². The van der Waals surface area contributed by atoms with E-state index in [-0.39, 0.29) is 5.78 Å². The summed E-state index contributed by atoms with van der Waals surface area (Å²) < 4.78 is 7.65. The molecule has 2 heteroatoms. The van der Waals surface area contributed by atoms with E-state index in [0.717, 1.165) is 0 Å². The quantitative estimate of drug-likeness (QED) is 0.421. The molecule has 1 nitrogen and oxygen atoms in total. The number of carbonyl (C=O) groups is 1. The second-order valence-corrected chi connectivity index (χ2v) is 17.7. The molecule has 0 bridgehead atoms. The van der Waals surface area contributed by atoms with E-state index < -0.39 is 18.4 Å². The van der Waals surface area contributed by atoms with Gasteiger partial charge in [0.2, 0.25) is 0 Å². The summed E-state index contributed by atoms with van der Waals surface area (Å²) in [6.45, 7) is 8.38. The van der Waals surface area contributed by atoms with Crippen LogP contribution in [0.4, 0.5) is 0 Å². The number of hydrogen-bond acceptors (Lipinski definition) is 1. The van der Waals surface area contributed by atoms with Gasteiger partial charge in [-0.15, -0.1) is 0 Å². The summed E-state index contributed by atoms with van der Waals surface area (Å²) in [7, 11) is 0. The Hall–Kier alpha value is 0.0287. The molecule has 0 saturated heterocycles. The second kappa shape index (κ2) is 10.9. The Kier molecular flexibility index (Phi) is 10.9. The standard InChI is InChI=1S/C4H3O.3C4H9.Sn/c1-3-4(2)5;3*1-3-4-2;/h2H3;3*1,3-4H2,2H3;. The fourth-order valence-electron chi connectivity index (χ4n) is 2.33. The number of hydrogen-bond donors (Lipinski definition) is 0. The number of unbranched alkanes of at least 4 members (excludes halogenated alkanes) is 3. The Morgan fingerprint density at radius 2 is 1.28 bits per heavy atom. The van der Waals surface area contributed by atoms with Crippen LogP contribution in [0.3, 0.4) is 0 Å². The van der Waals surface area contributed by atoms with Gasteiger partial charge in [0.25, 0.3) is 0 Å². The molecule has 0 aliphatic heterocycles. The average Bonchev–Trinajstić information content (AvgIpc) is 2.37. The van der Waals surface area contributed by atoms with Gasteiger partial charge in [0.1, 0.15) is 0 Å². The van der Waals surface area contributed by atoms with Crippen molar-refractivity contribution < 1.29 is 4.79 Å². The van der Waals surface area contributed by atoms with E-state index in [1.165, 1.54) is 51.8 Å². The Balaban J connectivity index is 4.86. The van der Waals surface area contributed by atoms with E-state index in [2.05, 4.69) is 30.6 Å². The molecule has 0 saturated carbocycles. The Labute approximate surface area is 118 Å². The second-order valence-electron chi connectivity index (χ2n) is 5.40. The van der Waals surface area contributed by atoms with Crippen LogP contribution in [0.5, 0.6) is 0 Å². The molecule has 0 aromatic carbocycles. The summed E-state index contributed by atoms with van der Waals surface area (Å²) in [5.74, 6) is 2.97. The van der Waals surface area contributed by atoms with Crippen molar-refractivity contribution in [3.05, 3.63) is 0 Å². The van der Waals surface area contributed by atoms with Gasteiger partial charge in [-0.25, -0.2) is 0 Å². The van der Waals surface area contributed by atoms with Gasteiger partial charge in [0, 0.05) is 0 Å². The third-order valence-electron chi connectivity index (χ3n) is 3.53. The summed E-state index contributed by atoms with van der Waals surface area (Å²) in [5.41, 5.74) is 0. The normalized spacial score (nSPS) is 10.9. The van der Waals surface area contributed by atoms with E-state index in [4.69, 9.17) is 0 Å². The van der Waals surface area contributed by atoms with Gasteiger partial charge in [-0.3, -0.25) is 0 Å². The molecule has 0 rings (SSSR count). The average molecular weight is 357 g/mol. The molecule has 0 unspecified atom stereocenters. The third kappa shape index (κ3) is 8.19. The summed E-state index contributed by atoms with van der Waals surface area (Å²) in [6.07, 6.45) is 7.73. The van der Waals surface area contributed by atoms with Crippen molar-refractivity contribution in [2.24, 2.45) is 0 Å². The van der Waals surface area contributed by atoms with Gasteiger partial charge in [-0.1, -0.05) is 0 Å². The number of rotatable bonds is 9. The maximum atomic E-state index is 11.2. The van der Waals surface area contributed by atoms with Gasteiger partial charge < -0.3 is 0 Å². The molecule has 0 amide bonds. The van der Waals surface area contributed by atoms with Gasteiger partial charge in [-0.05, 0) is 0 Å². The third-order valence-corrected chi connectivity index (χ3v) is 16.6. The predicted octanol–water partition coefficient (Wildman–Crippen LogP) is 4.97. The Morgan fingerprint density at radius 1 is 0.889 bits per heavy atom. The van der Waals surface area contributed by atoms with Crippen LogP contribution in [0.1, 0.15) is 66.2 Å². The first-order valence-corrected chi connectivity index (χ1v) is 15.1. The van der Waals surface area contributed by atoms with Crippen molar-refractivity contribution in [2.45, 2.75) is 79.5 Å². The van der Waals surface area contributed by atoms with Gasteiger partial charge in [0.05, 0.1) is 0 Å². The van der Waals surface area contributed by atoms with E-state index in [9.17, 15) is 4.79 Å². The van der Waals surface area contributed by atoms with Crippen LogP contribution in [0.15, 0.2) is 0 Å². The van der Waals surface area contributed by atoms with Crippen LogP contribution < -0.4 is 0 Å².